The standard InChI is InChI=1S/C27H26ClFN6O3/c1-15(2)35-23-13-24(33-27(38)34(3)4)30-14-16(23)10-19(25(35)36)18-11-22(21(29)12-20(18)28)32-26(37)31-17-8-6-5-7-9-17/h5-15H,1-4H3,(H,30,33,38)(H2,31,32,37). The van der Waals surface area contributed by atoms with Crippen LogP contribution in [0.5, 0.6) is 0 Å². The Kier molecular flexibility index (Phi) is 7.63. The Bertz CT molecular complexity index is 1590. The Balaban J connectivity index is 1.77. The Labute approximate surface area is 223 Å². The summed E-state index contributed by atoms with van der Waals surface area (Å²) in [6, 6.07) is 13.0. The van der Waals surface area contributed by atoms with E-state index in [0.29, 0.717) is 16.6 Å². The molecule has 2 aromatic heterocycles. The van der Waals surface area contributed by atoms with E-state index in [9.17, 15) is 18.8 Å². The van der Waals surface area contributed by atoms with E-state index in [1.54, 1.807) is 61.1 Å². The Morgan fingerprint density at radius 1 is 1.00 bits per heavy atom. The van der Waals surface area contributed by atoms with Gasteiger partial charge in [-0.1, -0.05) is 29.8 Å². The Hall–Kier alpha value is -4.44. The lowest BCUT2D eigenvalue weighted by Crippen LogP contribution is -2.28. The quantitative estimate of drug-likeness (QED) is 0.283. The molecular formula is C27H26ClFN6O3. The molecule has 11 heteroatoms. The van der Waals surface area contributed by atoms with Crippen molar-refractivity contribution in [1.29, 1.82) is 0 Å². The fraction of sp³-hybridized carbons (Fsp3) is 0.185. The van der Waals surface area contributed by atoms with Gasteiger partial charge in [-0.15, -0.1) is 0 Å². The fourth-order valence-corrected chi connectivity index (χ4v) is 4.14. The maximum atomic E-state index is 14.8. The summed E-state index contributed by atoms with van der Waals surface area (Å²) in [5.41, 5.74) is 1.01. The number of pyridine rings is 2. The zero-order chi connectivity index (χ0) is 27.6. The van der Waals surface area contributed by atoms with Crippen LogP contribution in [-0.4, -0.2) is 40.6 Å². The first-order valence-corrected chi connectivity index (χ1v) is 12.1. The normalized spacial score (nSPS) is 10.9. The van der Waals surface area contributed by atoms with Gasteiger partial charge in [-0.2, -0.15) is 0 Å². The number of anilines is 3. The highest BCUT2D eigenvalue weighted by Gasteiger charge is 2.19. The van der Waals surface area contributed by atoms with Gasteiger partial charge in [0.2, 0.25) is 0 Å². The number of fused-ring (bicyclic) bond motifs is 1. The van der Waals surface area contributed by atoms with Crippen LogP contribution in [0.25, 0.3) is 22.0 Å². The molecule has 4 rings (SSSR count). The molecule has 0 saturated carbocycles. The predicted molar refractivity (Wildman–Crippen MR) is 149 cm³/mol. The number of benzene rings is 2. The van der Waals surface area contributed by atoms with Crippen molar-refractivity contribution in [2.24, 2.45) is 0 Å². The number of aromatic nitrogens is 2. The van der Waals surface area contributed by atoms with Gasteiger partial charge in [-0.05, 0) is 44.2 Å². The SMILES string of the molecule is CC(C)n1c(=O)c(-c2cc(NC(=O)Nc3ccccc3)c(F)cc2Cl)cc2cnc(NC(=O)N(C)C)cc21. The molecule has 0 aliphatic rings. The molecule has 4 amide bonds. The van der Waals surface area contributed by atoms with Gasteiger partial charge in [0.05, 0.1) is 16.2 Å². The Morgan fingerprint density at radius 2 is 1.71 bits per heavy atom. The zero-order valence-electron chi connectivity index (χ0n) is 21.2. The Morgan fingerprint density at radius 3 is 2.37 bits per heavy atom. The van der Waals surface area contributed by atoms with Gasteiger partial charge in [-0.3, -0.25) is 10.1 Å². The van der Waals surface area contributed by atoms with Crippen LogP contribution in [0.4, 0.5) is 31.2 Å². The molecule has 38 heavy (non-hydrogen) atoms. The third-order valence-electron chi connectivity index (χ3n) is 5.70. The molecule has 2 aromatic carbocycles. The lowest BCUT2D eigenvalue weighted by atomic mass is 10.0. The minimum absolute atomic E-state index is 0.00565. The molecule has 0 fully saturated rings. The van der Waals surface area contributed by atoms with Crippen molar-refractivity contribution >= 4 is 51.8 Å². The largest absolute Gasteiger partial charge is 0.331 e. The summed E-state index contributed by atoms with van der Waals surface area (Å²) < 4.78 is 16.3. The topological polar surface area (TPSA) is 108 Å². The molecule has 0 saturated heterocycles. The van der Waals surface area contributed by atoms with Gasteiger partial charge in [-0.25, -0.2) is 19.0 Å². The van der Waals surface area contributed by atoms with Crippen LogP contribution < -0.4 is 21.5 Å². The summed E-state index contributed by atoms with van der Waals surface area (Å²) in [5, 5.41) is 8.38. The van der Waals surface area contributed by atoms with Gasteiger partial charge >= 0.3 is 12.1 Å². The molecule has 3 N–H and O–H groups in total. The number of para-hydroxylation sites is 1. The van der Waals surface area contributed by atoms with E-state index < -0.39 is 11.8 Å². The van der Waals surface area contributed by atoms with E-state index in [1.807, 2.05) is 13.8 Å². The molecule has 0 bridgehead atoms. The predicted octanol–water partition coefficient (Wildman–Crippen LogP) is 6.17. The lowest BCUT2D eigenvalue weighted by molar-refractivity contribution is 0.230. The second-order valence-electron chi connectivity index (χ2n) is 9.04. The van der Waals surface area contributed by atoms with E-state index in [2.05, 4.69) is 20.9 Å². The maximum absolute atomic E-state index is 14.8. The molecule has 0 unspecified atom stereocenters. The number of carbonyl (C=O) groups is 2. The minimum atomic E-state index is -0.755. The van der Waals surface area contributed by atoms with Crippen LogP contribution in [0.3, 0.4) is 0 Å². The maximum Gasteiger partial charge on any atom is 0.323 e. The van der Waals surface area contributed by atoms with Gasteiger partial charge in [0.1, 0.15) is 11.6 Å². The molecule has 2 heterocycles. The van der Waals surface area contributed by atoms with Crippen LogP contribution in [0, 0.1) is 5.82 Å². The lowest BCUT2D eigenvalue weighted by Gasteiger charge is -2.18. The summed E-state index contributed by atoms with van der Waals surface area (Å²) in [5.74, 6) is -0.469. The number of hydrogen-bond donors (Lipinski definition) is 3. The van der Waals surface area contributed by atoms with Crippen LogP contribution in [0.1, 0.15) is 19.9 Å². The van der Waals surface area contributed by atoms with E-state index in [0.717, 1.165) is 6.07 Å². The van der Waals surface area contributed by atoms with Crippen molar-refractivity contribution in [2.45, 2.75) is 19.9 Å². The first kappa shape index (κ1) is 26.6. The number of halogens is 2. The smallest absolute Gasteiger partial charge is 0.323 e. The molecule has 4 aromatic rings. The molecule has 0 atom stereocenters. The fourth-order valence-electron chi connectivity index (χ4n) is 3.88. The molecule has 0 aliphatic heterocycles. The van der Waals surface area contributed by atoms with Crippen molar-refractivity contribution < 1.29 is 14.0 Å². The van der Waals surface area contributed by atoms with Gasteiger partial charge in [0, 0.05) is 54.6 Å². The summed E-state index contributed by atoms with van der Waals surface area (Å²) in [6.07, 6.45) is 1.53. The monoisotopic (exact) mass is 536 g/mol. The number of nitrogens with zero attached hydrogens (tertiary/aromatic N) is 3. The summed E-state index contributed by atoms with van der Waals surface area (Å²) >= 11 is 6.39. The minimum Gasteiger partial charge on any atom is -0.331 e. The number of carbonyl (C=O) groups excluding carboxylic acids is 2. The van der Waals surface area contributed by atoms with Crippen molar-refractivity contribution in [3.05, 3.63) is 82.0 Å². The first-order chi connectivity index (χ1) is 18.0. The zero-order valence-corrected chi connectivity index (χ0v) is 21.9. The second-order valence-corrected chi connectivity index (χ2v) is 9.44. The summed E-state index contributed by atoms with van der Waals surface area (Å²) in [7, 11) is 3.21. The third-order valence-corrected chi connectivity index (χ3v) is 6.02. The highest BCUT2D eigenvalue weighted by molar-refractivity contribution is 6.33. The van der Waals surface area contributed by atoms with Crippen LogP contribution in [0.15, 0.2) is 65.6 Å². The molecule has 0 radical (unpaired) electrons. The summed E-state index contributed by atoms with van der Waals surface area (Å²) in [6.45, 7) is 3.69. The number of rotatable bonds is 5. The molecule has 0 aliphatic carbocycles. The molecular weight excluding hydrogens is 511 g/mol. The second kappa shape index (κ2) is 10.9. The van der Waals surface area contributed by atoms with Crippen molar-refractivity contribution in [1.82, 2.24) is 14.5 Å². The van der Waals surface area contributed by atoms with Crippen molar-refractivity contribution in [3.8, 4) is 11.1 Å². The van der Waals surface area contributed by atoms with E-state index >= 15 is 0 Å². The summed E-state index contributed by atoms with van der Waals surface area (Å²) in [4.78, 5) is 43.9. The molecule has 196 valence electrons. The van der Waals surface area contributed by atoms with Gasteiger partial charge < -0.3 is 20.1 Å². The van der Waals surface area contributed by atoms with Gasteiger partial charge in [0.15, 0.2) is 0 Å². The average molecular weight is 537 g/mol. The number of amides is 4. The van der Waals surface area contributed by atoms with Gasteiger partial charge in [0.25, 0.3) is 5.56 Å². The van der Waals surface area contributed by atoms with E-state index in [4.69, 9.17) is 11.6 Å². The third kappa shape index (κ3) is 5.60. The highest BCUT2D eigenvalue weighted by Crippen LogP contribution is 2.33. The van der Waals surface area contributed by atoms with Crippen LogP contribution in [0.2, 0.25) is 5.02 Å². The van der Waals surface area contributed by atoms with Crippen molar-refractivity contribution in [2.75, 3.05) is 30.0 Å². The van der Waals surface area contributed by atoms with E-state index in [1.165, 1.54) is 17.2 Å². The average Bonchev–Trinajstić information content (AvgIpc) is 2.85. The van der Waals surface area contributed by atoms with Crippen LogP contribution >= 0.6 is 11.6 Å². The highest BCUT2D eigenvalue weighted by atomic mass is 35.5. The molecule has 0 spiro atoms. The number of urea groups is 2. The van der Waals surface area contributed by atoms with E-state index in [-0.39, 0.29) is 45.3 Å². The number of nitrogens with one attached hydrogen (secondary N) is 3. The number of hydrogen-bond acceptors (Lipinski definition) is 4. The van der Waals surface area contributed by atoms with Crippen LogP contribution in [-0.2, 0) is 0 Å². The first-order valence-electron chi connectivity index (χ1n) is 11.7. The van der Waals surface area contributed by atoms with Crippen molar-refractivity contribution in [3.63, 3.8) is 0 Å². The molecule has 9 nitrogen and oxygen atoms in total.